The van der Waals surface area contributed by atoms with Crippen molar-refractivity contribution in [3.8, 4) is 5.75 Å². The fraction of sp³-hybridized carbons (Fsp3) is 0.526. The predicted octanol–water partition coefficient (Wildman–Crippen LogP) is 1.84. The first-order chi connectivity index (χ1) is 13.6. The second-order valence-corrected chi connectivity index (χ2v) is 9.54. The summed E-state index contributed by atoms with van der Waals surface area (Å²) in [6.07, 6.45) is 0.894. The normalized spacial score (nSPS) is 16.6. The number of amides is 1. The van der Waals surface area contributed by atoms with Crippen molar-refractivity contribution in [3.63, 3.8) is 0 Å². The zero-order valence-corrected chi connectivity index (χ0v) is 17.8. The van der Waals surface area contributed by atoms with Gasteiger partial charge in [0.15, 0.2) is 5.82 Å². The molecule has 1 aromatic carbocycles. The summed E-state index contributed by atoms with van der Waals surface area (Å²) >= 11 is 0. The number of aryl methyl sites for hydroxylation is 1. The van der Waals surface area contributed by atoms with Crippen molar-refractivity contribution in [1.29, 1.82) is 0 Å². The van der Waals surface area contributed by atoms with E-state index in [1.165, 1.54) is 23.5 Å². The monoisotopic (exact) mass is 422 g/mol. The topological polar surface area (TPSA) is 115 Å². The average Bonchev–Trinajstić information content (AvgIpc) is 3.15. The Labute approximate surface area is 170 Å². The molecule has 0 aliphatic carbocycles. The van der Waals surface area contributed by atoms with E-state index in [0.717, 1.165) is 0 Å². The van der Waals surface area contributed by atoms with Gasteiger partial charge in [0.05, 0.1) is 17.5 Å². The number of aromatic nitrogens is 2. The second kappa shape index (κ2) is 8.11. The van der Waals surface area contributed by atoms with E-state index < -0.39 is 15.6 Å². The number of nitrogens with one attached hydrogen (secondary N) is 1. The molecule has 0 saturated carbocycles. The van der Waals surface area contributed by atoms with Gasteiger partial charge in [0.25, 0.3) is 0 Å². The van der Waals surface area contributed by atoms with Crippen molar-refractivity contribution >= 4 is 15.9 Å². The van der Waals surface area contributed by atoms with Crippen LogP contribution in [-0.2, 0) is 20.4 Å². The van der Waals surface area contributed by atoms with Crippen LogP contribution in [0.5, 0.6) is 5.75 Å². The summed E-state index contributed by atoms with van der Waals surface area (Å²) in [5.41, 5.74) is -0.777. The molecule has 10 heteroatoms. The van der Waals surface area contributed by atoms with E-state index in [1.54, 1.807) is 32.9 Å². The molecule has 0 atom stereocenters. The molecule has 29 heavy (non-hydrogen) atoms. The van der Waals surface area contributed by atoms with Gasteiger partial charge in [0, 0.05) is 25.9 Å². The zero-order chi connectivity index (χ0) is 21.2. The molecule has 0 unspecified atom stereocenters. The Hall–Kier alpha value is -2.46. The number of benzene rings is 1. The lowest BCUT2D eigenvalue weighted by Crippen LogP contribution is -2.48. The first-order valence-corrected chi connectivity index (χ1v) is 10.8. The number of carbonyl (C=O) groups excluding carboxylic acids is 1. The van der Waals surface area contributed by atoms with E-state index in [-0.39, 0.29) is 29.8 Å². The first-order valence-electron chi connectivity index (χ1n) is 9.40. The first kappa shape index (κ1) is 21.3. The highest BCUT2D eigenvalue weighted by Gasteiger charge is 2.35. The van der Waals surface area contributed by atoms with Crippen molar-refractivity contribution in [3.05, 3.63) is 36.0 Å². The Morgan fingerprint density at radius 3 is 2.38 bits per heavy atom. The van der Waals surface area contributed by atoms with Crippen LogP contribution in [0, 0.1) is 12.8 Å². The number of ether oxygens (including phenoxy) is 1. The van der Waals surface area contributed by atoms with Gasteiger partial charge in [-0.2, -0.15) is 9.29 Å². The van der Waals surface area contributed by atoms with Gasteiger partial charge in [-0.3, -0.25) is 4.79 Å². The van der Waals surface area contributed by atoms with E-state index in [0.29, 0.717) is 30.3 Å². The molecule has 158 valence electrons. The molecule has 1 N–H and O–H groups in total. The number of carbonyl (C=O) groups is 1. The predicted molar refractivity (Wildman–Crippen MR) is 105 cm³/mol. The lowest BCUT2D eigenvalue weighted by atomic mass is 9.95. The van der Waals surface area contributed by atoms with Crippen LogP contribution in [0.3, 0.4) is 0 Å². The van der Waals surface area contributed by atoms with Gasteiger partial charge >= 0.3 is 0 Å². The maximum absolute atomic E-state index is 12.8. The lowest BCUT2D eigenvalue weighted by molar-refractivity contribution is -0.128. The molecule has 2 aromatic rings. The number of piperidine rings is 1. The molecule has 0 spiro atoms. The van der Waals surface area contributed by atoms with Gasteiger partial charge in [-0.1, -0.05) is 5.16 Å². The van der Waals surface area contributed by atoms with Crippen molar-refractivity contribution in [2.75, 3.05) is 20.2 Å². The fourth-order valence-electron chi connectivity index (χ4n) is 3.27. The van der Waals surface area contributed by atoms with Gasteiger partial charge in [-0.25, -0.2) is 8.42 Å². The third kappa shape index (κ3) is 4.59. The van der Waals surface area contributed by atoms with Crippen LogP contribution in [0.1, 0.15) is 38.4 Å². The number of hydrogen-bond acceptors (Lipinski definition) is 7. The minimum atomic E-state index is -3.60. The third-order valence-corrected chi connectivity index (χ3v) is 6.96. The molecule has 9 nitrogen and oxygen atoms in total. The maximum atomic E-state index is 12.8. The molecule has 1 aliphatic heterocycles. The van der Waals surface area contributed by atoms with E-state index in [9.17, 15) is 13.2 Å². The average molecular weight is 423 g/mol. The van der Waals surface area contributed by atoms with Crippen LogP contribution < -0.4 is 10.1 Å². The molecule has 3 rings (SSSR count). The van der Waals surface area contributed by atoms with E-state index in [4.69, 9.17) is 9.26 Å². The number of rotatable bonds is 6. The summed E-state index contributed by atoms with van der Waals surface area (Å²) in [5, 5.41) is 6.83. The third-order valence-electron chi connectivity index (χ3n) is 5.04. The molecule has 1 saturated heterocycles. The van der Waals surface area contributed by atoms with Gasteiger partial charge in [-0.15, -0.1) is 0 Å². The quantitative estimate of drug-likeness (QED) is 0.755. The van der Waals surface area contributed by atoms with Crippen LogP contribution >= 0.6 is 0 Å². The SMILES string of the molecule is COc1ccc(S(=O)(=O)N2CCC(C(=O)NC(C)(C)c3noc(C)n3)CC2)cc1. The zero-order valence-electron chi connectivity index (χ0n) is 17.0. The minimum Gasteiger partial charge on any atom is -0.497 e. The van der Waals surface area contributed by atoms with Crippen molar-refractivity contribution in [2.24, 2.45) is 5.92 Å². The van der Waals surface area contributed by atoms with Crippen molar-refractivity contribution < 1.29 is 22.5 Å². The van der Waals surface area contributed by atoms with Crippen LogP contribution in [0.2, 0.25) is 0 Å². The Kier molecular flexibility index (Phi) is 5.95. The Morgan fingerprint density at radius 2 is 1.86 bits per heavy atom. The number of hydrogen-bond donors (Lipinski definition) is 1. The molecule has 0 bridgehead atoms. The van der Waals surface area contributed by atoms with Crippen molar-refractivity contribution in [2.45, 2.75) is 44.0 Å². The molecule has 2 heterocycles. The smallest absolute Gasteiger partial charge is 0.243 e. The Balaban J connectivity index is 1.61. The van der Waals surface area contributed by atoms with E-state index in [1.807, 2.05) is 0 Å². The van der Waals surface area contributed by atoms with E-state index in [2.05, 4.69) is 15.5 Å². The Morgan fingerprint density at radius 1 is 1.24 bits per heavy atom. The van der Waals surface area contributed by atoms with Gasteiger partial charge in [0.1, 0.15) is 5.75 Å². The van der Waals surface area contributed by atoms with Gasteiger partial charge < -0.3 is 14.6 Å². The van der Waals surface area contributed by atoms with Gasteiger partial charge in [-0.05, 0) is 51.0 Å². The van der Waals surface area contributed by atoms with Crippen LogP contribution in [0.15, 0.2) is 33.7 Å². The number of methoxy groups -OCH3 is 1. The highest BCUT2D eigenvalue weighted by Crippen LogP contribution is 2.26. The molecular weight excluding hydrogens is 396 g/mol. The highest BCUT2D eigenvalue weighted by molar-refractivity contribution is 7.89. The summed E-state index contributed by atoms with van der Waals surface area (Å²) < 4.78 is 37.2. The van der Waals surface area contributed by atoms with Crippen LogP contribution in [-0.4, -0.2) is 49.0 Å². The summed E-state index contributed by atoms with van der Waals surface area (Å²) in [6.45, 7) is 5.87. The summed E-state index contributed by atoms with van der Waals surface area (Å²) in [6, 6.07) is 6.30. The van der Waals surface area contributed by atoms with E-state index >= 15 is 0 Å². The fourth-order valence-corrected chi connectivity index (χ4v) is 4.74. The Bertz CT molecular complexity index is 961. The summed E-state index contributed by atoms with van der Waals surface area (Å²) in [5.74, 6) is 1.02. The number of sulfonamides is 1. The molecular formula is C19H26N4O5S. The molecule has 1 amide bonds. The van der Waals surface area contributed by atoms with Crippen molar-refractivity contribution in [1.82, 2.24) is 19.8 Å². The minimum absolute atomic E-state index is 0.140. The highest BCUT2D eigenvalue weighted by atomic mass is 32.2. The summed E-state index contributed by atoms with van der Waals surface area (Å²) in [7, 11) is -2.07. The standard InChI is InChI=1S/C19H26N4O5S/c1-13-20-18(22-28-13)19(2,3)21-17(24)14-9-11-23(12-10-14)29(25,26)16-7-5-15(27-4)6-8-16/h5-8,14H,9-12H2,1-4H3,(H,21,24). The second-order valence-electron chi connectivity index (χ2n) is 7.61. The summed E-state index contributed by atoms with van der Waals surface area (Å²) in [4.78, 5) is 17.1. The number of nitrogens with zero attached hydrogens (tertiary/aromatic N) is 3. The van der Waals surface area contributed by atoms with Gasteiger partial charge in [0.2, 0.25) is 21.8 Å². The van der Waals surface area contributed by atoms with Crippen LogP contribution in [0.25, 0.3) is 0 Å². The molecule has 1 aromatic heterocycles. The lowest BCUT2D eigenvalue weighted by Gasteiger charge is -2.32. The maximum Gasteiger partial charge on any atom is 0.243 e. The molecule has 1 fully saturated rings. The molecule has 1 aliphatic rings. The van der Waals surface area contributed by atoms with Crippen LogP contribution in [0.4, 0.5) is 0 Å². The molecule has 0 radical (unpaired) electrons. The largest absolute Gasteiger partial charge is 0.497 e.